The fourth-order valence-corrected chi connectivity index (χ4v) is 3.00. The molecule has 0 aliphatic heterocycles. The van der Waals surface area contributed by atoms with Gasteiger partial charge in [-0.3, -0.25) is 4.18 Å². The Bertz CT molecular complexity index is 371. The Hall–Kier alpha value is -0.620. The first kappa shape index (κ1) is 13.4. The van der Waals surface area contributed by atoms with Crippen LogP contribution in [0.3, 0.4) is 0 Å². The zero-order chi connectivity index (χ0) is 12.6. The molecule has 0 aromatic rings. The lowest BCUT2D eigenvalue weighted by atomic mass is 9.68. The van der Waals surface area contributed by atoms with Crippen molar-refractivity contribution >= 4 is 16.1 Å². The standard InChI is InChI=1S/C10H18O5S/c1-10(2)6-7(15-16(3,13)14)4-5-8(10)9(11)12/h7-8H,4-6H2,1-3H3,(H,11,12)/p-1. The summed E-state index contributed by atoms with van der Waals surface area (Å²) in [6.07, 6.45) is 1.84. The average Bonchev–Trinajstić information content (AvgIpc) is 1.97. The maximum Gasteiger partial charge on any atom is 0.264 e. The predicted molar refractivity (Wildman–Crippen MR) is 55.8 cm³/mol. The highest BCUT2D eigenvalue weighted by atomic mass is 32.2. The summed E-state index contributed by atoms with van der Waals surface area (Å²) in [7, 11) is -3.47. The second-order valence-electron chi connectivity index (χ2n) is 5.06. The van der Waals surface area contributed by atoms with Crippen LogP contribution in [-0.4, -0.2) is 26.7 Å². The quantitative estimate of drug-likeness (QED) is 0.653. The van der Waals surface area contributed by atoms with Gasteiger partial charge in [0, 0.05) is 11.9 Å². The van der Waals surface area contributed by atoms with Gasteiger partial charge in [-0.15, -0.1) is 0 Å². The van der Waals surface area contributed by atoms with E-state index < -0.39 is 33.5 Å². The molecule has 1 aliphatic rings. The Kier molecular flexibility index (Phi) is 3.64. The molecule has 0 radical (unpaired) electrons. The number of carboxylic acids is 1. The zero-order valence-electron chi connectivity index (χ0n) is 9.73. The first-order valence-electron chi connectivity index (χ1n) is 5.21. The van der Waals surface area contributed by atoms with E-state index in [9.17, 15) is 18.3 Å². The van der Waals surface area contributed by atoms with Gasteiger partial charge in [0.05, 0.1) is 12.4 Å². The van der Waals surface area contributed by atoms with Crippen LogP contribution in [0.15, 0.2) is 0 Å². The molecule has 6 heteroatoms. The molecule has 5 nitrogen and oxygen atoms in total. The van der Waals surface area contributed by atoms with Crippen LogP contribution in [0.2, 0.25) is 0 Å². The van der Waals surface area contributed by atoms with Gasteiger partial charge >= 0.3 is 0 Å². The average molecular weight is 249 g/mol. The molecular formula is C10H17O5S-. The van der Waals surface area contributed by atoms with Crippen molar-refractivity contribution in [2.75, 3.05) is 6.26 Å². The summed E-state index contributed by atoms with van der Waals surface area (Å²) in [5, 5.41) is 10.9. The van der Waals surface area contributed by atoms with Crippen LogP contribution in [0.1, 0.15) is 33.1 Å². The predicted octanol–water partition coefficient (Wildman–Crippen LogP) is -0.0926. The van der Waals surface area contributed by atoms with Crippen molar-refractivity contribution in [3.63, 3.8) is 0 Å². The third-order valence-electron chi connectivity index (χ3n) is 3.07. The number of carbonyl (C=O) groups is 1. The van der Waals surface area contributed by atoms with Gasteiger partial charge in [-0.25, -0.2) is 0 Å². The third-order valence-corrected chi connectivity index (χ3v) is 3.69. The molecule has 0 aromatic carbocycles. The van der Waals surface area contributed by atoms with Gasteiger partial charge in [0.1, 0.15) is 0 Å². The summed E-state index contributed by atoms with van der Waals surface area (Å²) < 4.78 is 26.9. The smallest absolute Gasteiger partial charge is 0.264 e. The van der Waals surface area contributed by atoms with E-state index in [0.717, 1.165) is 6.26 Å². The van der Waals surface area contributed by atoms with E-state index >= 15 is 0 Å². The van der Waals surface area contributed by atoms with E-state index in [-0.39, 0.29) is 0 Å². The summed E-state index contributed by atoms with van der Waals surface area (Å²) in [6, 6.07) is 0. The van der Waals surface area contributed by atoms with Gasteiger partial charge < -0.3 is 9.90 Å². The lowest BCUT2D eigenvalue weighted by Gasteiger charge is -2.42. The maximum absolute atomic E-state index is 11.0. The minimum Gasteiger partial charge on any atom is -0.550 e. The molecule has 0 heterocycles. The summed E-state index contributed by atoms with van der Waals surface area (Å²) in [5.74, 6) is -1.60. The normalized spacial score (nSPS) is 29.9. The van der Waals surface area contributed by atoms with E-state index in [2.05, 4.69) is 0 Å². The van der Waals surface area contributed by atoms with Crippen LogP contribution in [0, 0.1) is 11.3 Å². The van der Waals surface area contributed by atoms with Gasteiger partial charge in [0.2, 0.25) is 0 Å². The van der Waals surface area contributed by atoms with Gasteiger partial charge in [-0.2, -0.15) is 8.42 Å². The second kappa shape index (κ2) is 4.33. The monoisotopic (exact) mass is 249 g/mol. The Morgan fingerprint density at radius 1 is 1.38 bits per heavy atom. The van der Waals surface area contributed by atoms with Crippen molar-refractivity contribution in [3.8, 4) is 0 Å². The summed E-state index contributed by atoms with van der Waals surface area (Å²) in [6.45, 7) is 3.59. The molecule has 0 aromatic heterocycles. The van der Waals surface area contributed by atoms with Gasteiger partial charge in [-0.05, 0) is 24.7 Å². The molecule has 1 aliphatic carbocycles. The lowest BCUT2D eigenvalue weighted by Crippen LogP contribution is -2.45. The fraction of sp³-hybridized carbons (Fsp3) is 0.900. The molecule has 2 unspecified atom stereocenters. The van der Waals surface area contributed by atoms with Crippen LogP contribution in [0.5, 0.6) is 0 Å². The molecule has 1 fully saturated rings. The number of rotatable bonds is 3. The molecule has 1 saturated carbocycles. The van der Waals surface area contributed by atoms with Crippen LogP contribution in [-0.2, 0) is 19.1 Å². The van der Waals surface area contributed by atoms with Crippen molar-refractivity contribution in [1.82, 2.24) is 0 Å². The molecular weight excluding hydrogens is 232 g/mol. The SMILES string of the molecule is CC1(C)CC(OS(C)(=O)=O)CCC1C(=O)[O-]. The van der Waals surface area contributed by atoms with Crippen molar-refractivity contribution < 1.29 is 22.5 Å². The molecule has 16 heavy (non-hydrogen) atoms. The lowest BCUT2D eigenvalue weighted by molar-refractivity contribution is -0.316. The highest BCUT2D eigenvalue weighted by Gasteiger charge is 2.38. The Morgan fingerprint density at radius 2 is 1.94 bits per heavy atom. The first-order valence-corrected chi connectivity index (χ1v) is 7.02. The second-order valence-corrected chi connectivity index (χ2v) is 6.66. The third kappa shape index (κ3) is 3.45. The highest BCUT2D eigenvalue weighted by Crippen LogP contribution is 2.41. The fourth-order valence-electron chi connectivity index (χ4n) is 2.34. The van der Waals surface area contributed by atoms with E-state index in [4.69, 9.17) is 4.18 Å². The first-order chi connectivity index (χ1) is 7.12. The summed E-state index contributed by atoms with van der Waals surface area (Å²) in [5.41, 5.74) is -0.494. The summed E-state index contributed by atoms with van der Waals surface area (Å²) >= 11 is 0. The number of hydrogen-bond donors (Lipinski definition) is 0. The minimum absolute atomic E-state index is 0.398. The van der Waals surface area contributed by atoms with Crippen molar-refractivity contribution in [3.05, 3.63) is 0 Å². The Balaban J connectivity index is 2.71. The zero-order valence-corrected chi connectivity index (χ0v) is 10.5. The van der Waals surface area contributed by atoms with Gasteiger partial charge in [0.25, 0.3) is 10.1 Å². The van der Waals surface area contributed by atoms with Crippen molar-refractivity contribution in [1.29, 1.82) is 0 Å². The number of aliphatic carboxylic acids is 1. The molecule has 0 spiro atoms. The number of carbonyl (C=O) groups excluding carboxylic acids is 1. The Labute approximate surface area is 95.9 Å². The van der Waals surface area contributed by atoms with Gasteiger partial charge in [-0.1, -0.05) is 13.8 Å². The topological polar surface area (TPSA) is 83.5 Å². The van der Waals surface area contributed by atoms with Crippen LogP contribution in [0.25, 0.3) is 0 Å². The van der Waals surface area contributed by atoms with Crippen molar-refractivity contribution in [2.45, 2.75) is 39.2 Å². The number of hydrogen-bond acceptors (Lipinski definition) is 5. The van der Waals surface area contributed by atoms with Gasteiger partial charge in [0.15, 0.2) is 0 Å². The van der Waals surface area contributed by atoms with E-state index in [1.54, 1.807) is 13.8 Å². The van der Waals surface area contributed by atoms with E-state index in [1.165, 1.54) is 0 Å². The van der Waals surface area contributed by atoms with E-state index in [0.29, 0.717) is 19.3 Å². The minimum atomic E-state index is -3.47. The molecule has 1 rings (SSSR count). The molecule has 0 amide bonds. The molecule has 0 saturated heterocycles. The summed E-state index contributed by atoms with van der Waals surface area (Å²) in [4.78, 5) is 10.9. The van der Waals surface area contributed by atoms with E-state index in [1.807, 2.05) is 0 Å². The van der Waals surface area contributed by atoms with Crippen LogP contribution < -0.4 is 5.11 Å². The molecule has 0 bridgehead atoms. The molecule has 94 valence electrons. The van der Waals surface area contributed by atoms with Crippen LogP contribution in [0.4, 0.5) is 0 Å². The largest absolute Gasteiger partial charge is 0.550 e. The highest BCUT2D eigenvalue weighted by molar-refractivity contribution is 7.86. The molecule has 2 atom stereocenters. The number of carboxylic acid groups (broad SMARTS) is 1. The van der Waals surface area contributed by atoms with Crippen molar-refractivity contribution in [2.24, 2.45) is 11.3 Å². The maximum atomic E-state index is 11.0. The van der Waals surface area contributed by atoms with Crippen LogP contribution >= 0.6 is 0 Å². The Morgan fingerprint density at radius 3 is 2.31 bits per heavy atom. The molecule has 0 N–H and O–H groups in total.